The average Bonchev–Trinajstić information content (AvgIpc) is 2.58. The van der Waals surface area contributed by atoms with Crippen LogP contribution in [-0.4, -0.2) is 26.2 Å². The molecule has 0 saturated carbocycles. The molecule has 112 valence electrons. The van der Waals surface area contributed by atoms with Crippen LogP contribution in [0.4, 0.5) is 0 Å². The zero-order valence-electron chi connectivity index (χ0n) is 10.9. The van der Waals surface area contributed by atoms with Gasteiger partial charge in [0, 0.05) is 12.4 Å². The second-order valence-corrected chi connectivity index (χ2v) is 3.03. The van der Waals surface area contributed by atoms with Crippen molar-refractivity contribution in [3.8, 4) is 6.07 Å². The first-order valence-corrected chi connectivity index (χ1v) is 5.24. The summed E-state index contributed by atoms with van der Waals surface area (Å²) in [6, 6.07) is 12.3. The van der Waals surface area contributed by atoms with Crippen LogP contribution in [0.15, 0.2) is 53.9 Å². The molecule has 0 aliphatic carbocycles. The lowest BCUT2D eigenvalue weighted by atomic mass is 10.3. The summed E-state index contributed by atoms with van der Waals surface area (Å²) in [5, 5.41) is 25.7. The van der Waals surface area contributed by atoms with Gasteiger partial charge in [-0.1, -0.05) is 17.3 Å². The van der Waals surface area contributed by atoms with Gasteiger partial charge >= 0.3 is 0 Å². The number of oxime groups is 1. The Bertz CT molecular complexity index is 545. The molecule has 2 aromatic heterocycles. The van der Waals surface area contributed by atoms with E-state index in [0.29, 0.717) is 11.4 Å². The first kappa shape index (κ1) is 20.6. The van der Waals surface area contributed by atoms with E-state index in [2.05, 4.69) is 21.0 Å². The van der Waals surface area contributed by atoms with Crippen LogP contribution < -0.4 is 11.6 Å². The van der Waals surface area contributed by atoms with Crippen LogP contribution in [0.2, 0.25) is 0 Å². The van der Waals surface area contributed by atoms with Crippen molar-refractivity contribution < 1.29 is 10.4 Å². The van der Waals surface area contributed by atoms with Crippen molar-refractivity contribution >= 4 is 18.2 Å². The molecule has 8 nitrogen and oxygen atoms in total. The number of hydrogen-bond donors (Lipinski definition) is 4. The largest absolute Gasteiger partial charge is 0.409 e. The molecule has 0 bridgehead atoms. The van der Waals surface area contributed by atoms with Gasteiger partial charge in [0.25, 0.3) is 0 Å². The Balaban J connectivity index is 0. The minimum atomic E-state index is 0. The molecular formula is C12H15ClN6O2. The highest BCUT2D eigenvalue weighted by molar-refractivity contribution is 5.94. The highest BCUT2D eigenvalue weighted by Crippen LogP contribution is 1.90. The van der Waals surface area contributed by atoms with Crippen LogP contribution in [0.25, 0.3) is 0 Å². The van der Waals surface area contributed by atoms with Crippen molar-refractivity contribution in [2.24, 2.45) is 16.8 Å². The summed E-state index contributed by atoms with van der Waals surface area (Å²) in [5.41, 5.74) is 6.17. The molecule has 0 aliphatic rings. The van der Waals surface area contributed by atoms with Gasteiger partial charge in [0.05, 0.1) is 0 Å². The molecule has 0 fully saturated rings. The fourth-order valence-corrected chi connectivity index (χ4v) is 0.994. The fourth-order valence-electron chi connectivity index (χ4n) is 0.994. The Labute approximate surface area is 127 Å². The molecule has 0 aromatic carbocycles. The Hall–Kier alpha value is -2.73. The smallest absolute Gasteiger partial charge is 0.188 e. The fraction of sp³-hybridized carbons (Fsp3) is 0. The number of nitrogens with zero attached hydrogens (tertiary/aromatic N) is 4. The second-order valence-electron chi connectivity index (χ2n) is 3.03. The molecule has 2 rings (SSSR count). The second kappa shape index (κ2) is 13.7. The molecule has 0 saturated heterocycles. The monoisotopic (exact) mass is 310 g/mol. The van der Waals surface area contributed by atoms with Gasteiger partial charge < -0.3 is 16.1 Å². The molecule has 2 aromatic rings. The van der Waals surface area contributed by atoms with Gasteiger partial charge in [0.1, 0.15) is 17.5 Å². The highest BCUT2D eigenvalue weighted by Gasteiger charge is 1.95. The summed E-state index contributed by atoms with van der Waals surface area (Å²) in [7, 11) is 0. The number of rotatable bonds is 1. The first-order chi connectivity index (χ1) is 9.77. The predicted octanol–water partition coefficient (Wildman–Crippen LogP) is 0.885. The van der Waals surface area contributed by atoms with Crippen LogP contribution in [0, 0.1) is 11.3 Å². The van der Waals surface area contributed by atoms with Crippen LogP contribution in [0.5, 0.6) is 0 Å². The molecular weight excluding hydrogens is 296 g/mol. The zero-order valence-corrected chi connectivity index (χ0v) is 11.7. The Kier molecular flexibility index (Phi) is 13.4. The van der Waals surface area contributed by atoms with Crippen molar-refractivity contribution in [3.63, 3.8) is 0 Å². The molecule has 9 heteroatoms. The predicted molar refractivity (Wildman–Crippen MR) is 78.9 cm³/mol. The number of nitrogens with two attached hydrogens (primary N) is 2. The summed E-state index contributed by atoms with van der Waals surface area (Å²) >= 11 is 0. The van der Waals surface area contributed by atoms with E-state index < -0.39 is 0 Å². The Morgan fingerprint density at radius 1 is 1.10 bits per heavy atom. The molecule has 21 heavy (non-hydrogen) atoms. The summed E-state index contributed by atoms with van der Waals surface area (Å²) in [5.74, 6) is 3.53. The quantitative estimate of drug-likeness (QED) is 0.264. The molecule has 0 unspecified atom stereocenters. The van der Waals surface area contributed by atoms with Gasteiger partial charge in [-0.25, -0.2) is 10.9 Å². The maximum Gasteiger partial charge on any atom is 0.188 e. The van der Waals surface area contributed by atoms with E-state index in [1.807, 2.05) is 6.07 Å². The lowest BCUT2D eigenvalue weighted by Crippen LogP contribution is -2.14. The number of pyridine rings is 2. The lowest BCUT2D eigenvalue weighted by Gasteiger charge is -1.93. The van der Waals surface area contributed by atoms with E-state index in [1.54, 1.807) is 48.8 Å². The topological polar surface area (TPSA) is 154 Å². The number of amidine groups is 1. The van der Waals surface area contributed by atoms with Crippen LogP contribution in [0.1, 0.15) is 11.4 Å². The maximum atomic E-state index is 8.23. The lowest BCUT2D eigenvalue weighted by molar-refractivity contribution is 0.311. The van der Waals surface area contributed by atoms with E-state index in [-0.39, 0.29) is 18.2 Å². The third-order valence-corrected chi connectivity index (χ3v) is 1.81. The standard InChI is InChI=1S/C6H7N3O.C6H4N2.ClH.H3NO/c7-6(9-10)5-3-1-2-4-8-5;7-5-6-3-1-2-4-8-6;;1-2/h1-4,10H,(H2,7,9);1-4H;1H;2H,1H2. The SMILES string of the molecule is Cl.N#Cc1ccccn1.N/C(=N\O)c1ccccn1.NO. The summed E-state index contributed by atoms with van der Waals surface area (Å²) in [4.78, 5) is 7.57. The van der Waals surface area contributed by atoms with Crippen LogP contribution in [0.3, 0.4) is 0 Å². The van der Waals surface area contributed by atoms with Gasteiger partial charge in [-0.2, -0.15) is 5.26 Å². The van der Waals surface area contributed by atoms with E-state index in [1.165, 1.54) is 0 Å². The zero-order chi connectivity index (χ0) is 15.2. The summed E-state index contributed by atoms with van der Waals surface area (Å²) in [6.07, 6.45) is 3.17. The molecule has 0 spiro atoms. The number of aromatic nitrogens is 2. The van der Waals surface area contributed by atoms with Gasteiger partial charge in [-0.15, -0.1) is 12.4 Å². The van der Waals surface area contributed by atoms with E-state index in [9.17, 15) is 0 Å². The van der Waals surface area contributed by atoms with Crippen LogP contribution >= 0.6 is 12.4 Å². The van der Waals surface area contributed by atoms with Crippen molar-refractivity contribution in [2.75, 3.05) is 0 Å². The Morgan fingerprint density at radius 3 is 2.00 bits per heavy atom. The minimum absolute atomic E-state index is 0. The van der Waals surface area contributed by atoms with E-state index in [4.69, 9.17) is 21.4 Å². The molecule has 0 amide bonds. The third-order valence-electron chi connectivity index (χ3n) is 1.81. The van der Waals surface area contributed by atoms with Crippen molar-refractivity contribution in [2.45, 2.75) is 0 Å². The van der Waals surface area contributed by atoms with E-state index in [0.717, 1.165) is 0 Å². The Morgan fingerprint density at radius 2 is 1.67 bits per heavy atom. The van der Waals surface area contributed by atoms with Crippen molar-refractivity contribution in [3.05, 3.63) is 60.2 Å². The summed E-state index contributed by atoms with van der Waals surface area (Å²) in [6.45, 7) is 0. The minimum Gasteiger partial charge on any atom is -0.409 e. The van der Waals surface area contributed by atoms with Crippen molar-refractivity contribution in [1.29, 1.82) is 5.26 Å². The average molecular weight is 311 g/mol. The number of hydrogen-bond acceptors (Lipinski definition) is 7. The van der Waals surface area contributed by atoms with Gasteiger partial charge in [-0.3, -0.25) is 4.98 Å². The molecule has 0 radical (unpaired) electrons. The van der Waals surface area contributed by atoms with Gasteiger partial charge in [0.2, 0.25) is 0 Å². The third kappa shape index (κ3) is 8.90. The van der Waals surface area contributed by atoms with Gasteiger partial charge in [0.15, 0.2) is 5.84 Å². The van der Waals surface area contributed by atoms with E-state index >= 15 is 0 Å². The van der Waals surface area contributed by atoms with Crippen molar-refractivity contribution in [1.82, 2.24) is 9.97 Å². The maximum absolute atomic E-state index is 8.23. The van der Waals surface area contributed by atoms with Crippen LogP contribution in [-0.2, 0) is 0 Å². The molecule has 6 N–H and O–H groups in total. The number of halogens is 1. The summed E-state index contributed by atoms with van der Waals surface area (Å²) < 4.78 is 0. The first-order valence-electron chi connectivity index (χ1n) is 5.24. The molecule has 0 atom stereocenters. The number of nitriles is 1. The highest BCUT2D eigenvalue weighted by atomic mass is 35.5. The van der Waals surface area contributed by atoms with Gasteiger partial charge in [-0.05, 0) is 24.3 Å². The normalized spacial score (nSPS) is 8.71. The molecule has 0 aliphatic heterocycles. The molecule has 2 heterocycles.